The van der Waals surface area contributed by atoms with E-state index in [1.54, 1.807) is 0 Å². The van der Waals surface area contributed by atoms with E-state index in [0.29, 0.717) is 0 Å². The van der Waals surface area contributed by atoms with Crippen molar-refractivity contribution in [2.45, 2.75) is 32.2 Å². The molecule has 1 aromatic carbocycles. The highest BCUT2D eigenvalue weighted by atomic mass is 35.5. The molecule has 0 fully saturated rings. The van der Waals surface area contributed by atoms with Crippen molar-refractivity contribution in [1.29, 1.82) is 0 Å². The molecule has 1 aliphatic rings. The van der Waals surface area contributed by atoms with Crippen molar-refractivity contribution in [2.75, 3.05) is 0 Å². The van der Waals surface area contributed by atoms with Crippen molar-refractivity contribution < 1.29 is 0 Å². The van der Waals surface area contributed by atoms with Crippen molar-refractivity contribution in [2.24, 2.45) is 5.73 Å². The van der Waals surface area contributed by atoms with Crippen LogP contribution in [0.4, 0.5) is 0 Å². The third kappa shape index (κ3) is 1.53. The maximum absolute atomic E-state index is 6.13. The van der Waals surface area contributed by atoms with Gasteiger partial charge in [0.05, 0.1) is 0 Å². The molecule has 1 heterocycles. The summed E-state index contributed by atoms with van der Waals surface area (Å²) in [4.78, 5) is 3.51. The number of hydrogen-bond acceptors (Lipinski definition) is 1. The average Bonchev–Trinajstić information content (AvgIpc) is 2.60. The molecule has 2 aromatic rings. The minimum atomic E-state index is 0. The van der Waals surface area contributed by atoms with Gasteiger partial charge in [0.1, 0.15) is 0 Å². The van der Waals surface area contributed by atoms with Gasteiger partial charge in [-0.15, -0.1) is 12.4 Å². The van der Waals surface area contributed by atoms with Crippen molar-refractivity contribution in [3.8, 4) is 0 Å². The fourth-order valence-corrected chi connectivity index (χ4v) is 2.67. The van der Waals surface area contributed by atoms with Crippen molar-refractivity contribution >= 4 is 23.3 Å². The first-order valence-corrected chi connectivity index (χ1v) is 5.63. The van der Waals surface area contributed by atoms with Gasteiger partial charge in [0.15, 0.2) is 0 Å². The summed E-state index contributed by atoms with van der Waals surface area (Å²) in [5.74, 6) is 0. The van der Waals surface area contributed by atoms with Gasteiger partial charge in [0.2, 0.25) is 0 Å². The van der Waals surface area contributed by atoms with Gasteiger partial charge in [-0.2, -0.15) is 0 Å². The predicted molar refractivity (Wildman–Crippen MR) is 70.2 cm³/mol. The van der Waals surface area contributed by atoms with E-state index in [-0.39, 0.29) is 18.4 Å². The molecule has 0 saturated carbocycles. The summed E-state index contributed by atoms with van der Waals surface area (Å²) in [6, 6.07) is 6.69. The maximum atomic E-state index is 6.13. The topological polar surface area (TPSA) is 41.8 Å². The predicted octanol–water partition coefficient (Wildman–Crippen LogP) is 3.23. The van der Waals surface area contributed by atoms with Gasteiger partial charge < -0.3 is 10.7 Å². The van der Waals surface area contributed by atoms with Gasteiger partial charge in [-0.3, -0.25) is 0 Å². The first kappa shape index (κ1) is 11.5. The number of nitrogens with one attached hydrogen (secondary N) is 1. The molecule has 0 saturated heterocycles. The number of rotatable bonds is 0. The third-order valence-electron chi connectivity index (χ3n) is 3.50. The van der Waals surface area contributed by atoms with Crippen LogP contribution in [-0.2, 0) is 6.42 Å². The van der Waals surface area contributed by atoms with Crippen LogP contribution in [0, 0.1) is 6.92 Å². The molecule has 1 aliphatic carbocycles. The van der Waals surface area contributed by atoms with Crippen LogP contribution < -0.4 is 5.73 Å². The van der Waals surface area contributed by atoms with Crippen LogP contribution in [-0.4, -0.2) is 4.98 Å². The van der Waals surface area contributed by atoms with Crippen molar-refractivity contribution in [3.63, 3.8) is 0 Å². The zero-order chi connectivity index (χ0) is 10.4. The number of nitrogens with two attached hydrogens (primary N) is 1. The van der Waals surface area contributed by atoms with Crippen LogP contribution >= 0.6 is 12.4 Å². The highest BCUT2D eigenvalue weighted by Gasteiger charge is 2.21. The minimum Gasteiger partial charge on any atom is -0.357 e. The fraction of sp³-hybridized carbons (Fsp3) is 0.385. The lowest BCUT2D eigenvalue weighted by Crippen LogP contribution is -2.16. The van der Waals surface area contributed by atoms with Gasteiger partial charge in [-0.05, 0) is 37.3 Å². The third-order valence-corrected chi connectivity index (χ3v) is 3.50. The second kappa shape index (κ2) is 4.11. The highest BCUT2D eigenvalue weighted by Crippen LogP contribution is 2.34. The molecular weight excluding hydrogens is 220 g/mol. The van der Waals surface area contributed by atoms with Gasteiger partial charge in [-0.25, -0.2) is 0 Å². The van der Waals surface area contributed by atoms with Crippen LogP contribution in [0.25, 0.3) is 10.9 Å². The Hall–Kier alpha value is -0.990. The van der Waals surface area contributed by atoms with Crippen LogP contribution in [0.3, 0.4) is 0 Å². The molecule has 1 atom stereocenters. The van der Waals surface area contributed by atoms with Crippen LogP contribution in [0.2, 0.25) is 0 Å². The number of aromatic amines is 1. The minimum absolute atomic E-state index is 0. The quantitative estimate of drug-likeness (QED) is 0.725. The maximum Gasteiger partial charge on any atom is 0.0489 e. The largest absolute Gasteiger partial charge is 0.357 e. The fourth-order valence-electron chi connectivity index (χ4n) is 2.67. The van der Waals surface area contributed by atoms with E-state index < -0.39 is 0 Å². The first-order valence-electron chi connectivity index (χ1n) is 5.63. The zero-order valence-electron chi connectivity index (χ0n) is 9.42. The summed E-state index contributed by atoms with van der Waals surface area (Å²) in [5, 5.41) is 1.38. The molecule has 0 spiro atoms. The number of para-hydroxylation sites is 1. The van der Waals surface area contributed by atoms with E-state index in [0.717, 1.165) is 6.42 Å². The van der Waals surface area contributed by atoms with E-state index in [2.05, 4.69) is 30.1 Å². The number of fused-ring (bicyclic) bond motifs is 3. The smallest absolute Gasteiger partial charge is 0.0489 e. The second-order valence-corrected chi connectivity index (χ2v) is 4.51. The molecule has 3 heteroatoms. The van der Waals surface area contributed by atoms with Crippen LogP contribution in [0.5, 0.6) is 0 Å². The van der Waals surface area contributed by atoms with Gasteiger partial charge in [0, 0.05) is 22.6 Å². The summed E-state index contributed by atoms with van der Waals surface area (Å²) < 4.78 is 0. The Kier molecular flexibility index (Phi) is 2.96. The Bertz CT molecular complexity index is 516. The SMILES string of the molecule is Cc1cccc2c3c([nH]c12)C(N)CCC3.Cl. The lowest BCUT2D eigenvalue weighted by molar-refractivity contribution is 0.562. The summed E-state index contributed by atoms with van der Waals surface area (Å²) >= 11 is 0. The molecule has 0 amide bonds. The number of H-pyrrole nitrogens is 1. The Balaban J connectivity index is 0.000000963. The van der Waals surface area contributed by atoms with E-state index in [9.17, 15) is 0 Å². The summed E-state index contributed by atoms with van der Waals surface area (Å²) in [6.07, 6.45) is 3.50. The number of aromatic nitrogens is 1. The molecule has 0 aliphatic heterocycles. The summed E-state index contributed by atoms with van der Waals surface area (Å²) in [6.45, 7) is 2.15. The lowest BCUT2D eigenvalue weighted by Gasteiger charge is -2.18. The standard InChI is InChI=1S/C13H16N2.ClH/c1-8-4-2-5-9-10-6-3-7-11(14)13(10)15-12(8)9;/h2,4-5,11,15H,3,6-7,14H2,1H3;1H. The second-order valence-electron chi connectivity index (χ2n) is 4.51. The monoisotopic (exact) mass is 236 g/mol. The Labute approximate surface area is 102 Å². The van der Waals surface area contributed by atoms with E-state index in [1.807, 2.05) is 0 Å². The molecule has 1 unspecified atom stereocenters. The Morgan fingerprint density at radius 1 is 1.38 bits per heavy atom. The number of aryl methyl sites for hydroxylation is 2. The van der Waals surface area contributed by atoms with Crippen molar-refractivity contribution in [3.05, 3.63) is 35.0 Å². The van der Waals surface area contributed by atoms with E-state index in [1.165, 1.54) is 40.6 Å². The Morgan fingerprint density at radius 3 is 3.00 bits per heavy atom. The van der Waals surface area contributed by atoms with E-state index >= 15 is 0 Å². The van der Waals surface area contributed by atoms with Crippen LogP contribution in [0.1, 0.15) is 35.7 Å². The molecule has 3 rings (SSSR count). The molecule has 3 N–H and O–H groups in total. The molecular formula is C13H17ClN2. The average molecular weight is 237 g/mol. The van der Waals surface area contributed by atoms with Crippen molar-refractivity contribution in [1.82, 2.24) is 4.98 Å². The van der Waals surface area contributed by atoms with E-state index in [4.69, 9.17) is 5.73 Å². The molecule has 0 bridgehead atoms. The van der Waals surface area contributed by atoms with Gasteiger partial charge in [-0.1, -0.05) is 18.2 Å². The highest BCUT2D eigenvalue weighted by molar-refractivity contribution is 5.87. The molecule has 2 nitrogen and oxygen atoms in total. The number of halogens is 1. The zero-order valence-corrected chi connectivity index (χ0v) is 10.2. The number of benzene rings is 1. The number of hydrogen-bond donors (Lipinski definition) is 2. The Morgan fingerprint density at radius 2 is 2.19 bits per heavy atom. The lowest BCUT2D eigenvalue weighted by atomic mass is 9.92. The summed E-state index contributed by atoms with van der Waals surface area (Å²) in [7, 11) is 0. The molecule has 0 radical (unpaired) electrons. The molecule has 16 heavy (non-hydrogen) atoms. The summed E-state index contributed by atoms with van der Waals surface area (Å²) in [5.41, 5.74) is 11.4. The van der Waals surface area contributed by atoms with Crippen LogP contribution in [0.15, 0.2) is 18.2 Å². The molecule has 1 aromatic heterocycles. The normalized spacial score (nSPS) is 19.2. The van der Waals surface area contributed by atoms with Gasteiger partial charge in [0.25, 0.3) is 0 Å². The molecule has 86 valence electrons. The van der Waals surface area contributed by atoms with Gasteiger partial charge >= 0.3 is 0 Å². The first-order chi connectivity index (χ1) is 7.27.